The number of hydrogen-bond acceptors (Lipinski definition) is 5. The van der Waals surface area contributed by atoms with Gasteiger partial charge in [0.05, 0.1) is 18.8 Å². The van der Waals surface area contributed by atoms with Gasteiger partial charge in [-0.15, -0.1) is 0 Å². The molecule has 1 aromatic heterocycles. The zero-order chi connectivity index (χ0) is 16.7. The molecule has 124 valence electrons. The van der Waals surface area contributed by atoms with E-state index < -0.39 is 0 Å². The van der Waals surface area contributed by atoms with Crippen LogP contribution in [0.3, 0.4) is 0 Å². The first-order chi connectivity index (χ1) is 11.2. The maximum atomic E-state index is 12.0. The number of carbonyl (C=O) groups is 1. The molecule has 0 unspecified atom stereocenters. The lowest BCUT2D eigenvalue weighted by Crippen LogP contribution is -2.37. The van der Waals surface area contributed by atoms with E-state index in [4.69, 9.17) is 9.47 Å². The Labute approximate surface area is 139 Å². The number of carbonyl (C=O) groups excluding carboxylic acids is 1. The summed E-state index contributed by atoms with van der Waals surface area (Å²) in [4.78, 5) is 15.9. The molecular formula is C16H21N3O3S. The summed E-state index contributed by atoms with van der Waals surface area (Å²) in [5, 5.41) is 6.41. The molecule has 0 fully saturated rings. The van der Waals surface area contributed by atoms with Crippen LogP contribution in [0.4, 0.5) is 10.5 Å². The van der Waals surface area contributed by atoms with Crippen LogP contribution in [0.5, 0.6) is 16.6 Å². The van der Waals surface area contributed by atoms with E-state index in [0.717, 1.165) is 12.8 Å². The largest absolute Gasteiger partial charge is 0.493 e. The van der Waals surface area contributed by atoms with Gasteiger partial charge in [0.15, 0.2) is 11.5 Å². The van der Waals surface area contributed by atoms with E-state index in [1.807, 2.05) is 13.8 Å². The molecule has 0 aliphatic heterocycles. The quantitative estimate of drug-likeness (QED) is 0.793. The van der Waals surface area contributed by atoms with Crippen LogP contribution in [0.1, 0.15) is 26.7 Å². The van der Waals surface area contributed by atoms with Crippen molar-refractivity contribution in [3.63, 3.8) is 0 Å². The molecule has 1 heterocycles. The van der Waals surface area contributed by atoms with Gasteiger partial charge in [-0.1, -0.05) is 25.2 Å². The summed E-state index contributed by atoms with van der Waals surface area (Å²) < 4.78 is 11.0. The molecule has 0 aliphatic rings. The molecule has 0 saturated carbocycles. The summed E-state index contributed by atoms with van der Waals surface area (Å²) >= 11 is 1.39. The molecule has 7 heteroatoms. The van der Waals surface area contributed by atoms with Gasteiger partial charge in [0, 0.05) is 17.8 Å². The van der Waals surface area contributed by atoms with Crippen molar-refractivity contribution in [3.8, 4) is 16.6 Å². The van der Waals surface area contributed by atoms with E-state index in [1.54, 1.807) is 37.0 Å². The molecule has 0 saturated heterocycles. The minimum atomic E-state index is -0.225. The second-order valence-electron chi connectivity index (χ2n) is 4.90. The van der Waals surface area contributed by atoms with Crippen molar-refractivity contribution >= 4 is 23.1 Å². The van der Waals surface area contributed by atoms with Crippen LogP contribution in [0.2, 0.25) is 0 Å². The van der Waals surface area contributed by atoms with E-state index >= 15 is 0 Å². The summed E-state index contributed by atoms with van der Waals surface area (Å²) in [7, 11) is 1.56. The molecule has 2 rings (SSSR count). The van der Waals surface area contributed by atoms with Crippen LogP contribution in [-0.2, 0) is 0 Å². The Hall–Kier alpha value is -2.28. The standard InChI is InChI=1S/C16H21N3O3S/c1-4-11(5-2)18-16(20)19-12-6-7-13(14(8-12)21-3)22-15-9-17-10-23-15/h6-11H,4-5H2,1-3H3,(H2,18,19,20). The van der Waals surface area contributed by atoms with Gasteiger partial charge in [-0.2, -0.15) is 0 Å². The van der Waals surface area contributed by atoms with Gasteiger partial charge >= 0.3 is 6.03 Å². The molecule has 2 amide bonds. The number of urea groups is 1. The van der Waals surface area contributed by atoms with Crippen LogP contribution in [0.25, 0.3) is 0 Å². The maximum Gasteiger partial charge on any atom is 0.319 e. The minimum absolute atomic E-state index is 0.172. The highest BCUT2D eigenvalue weighted by atomic mass is 32.1. The third-order valence-corrected chi connectivity index (χ3v) is 4.01. The van der Waals surface area contributed by atoms with E-state index in [1.165, 1.54) is 11.3 Å². The Morgan fingerprint density at radius 3 is 2.70 bits per heavy atom. The van der Waals surface area contributed by atoms with Crippen LogP contribution in [0, 0.1) is 0 Å². The smallest absolute Gasteiger partial charge is 0.319 e. The number of nitrogens with zero attached hydrogens (tertiary/aromatic N) is 1. The van der Waals surface area contributed by atoms with E-state index in [0.29, 0.717) is 22.2 Å². The Balaban J connectivity index is 2.05. The molecule has 2 aromatic rings. The molecule has 0 aliphatic carbocycles. The van der Waals surface area contributed by atoms with Crippen LogP contribution < -0.4 is 20.1 Å². The number of rotatable bonds is 7. The number of nitrogens with one attached hydrogen (secondary N) is 2. The average Bonchev–Trinajstić information content (AvgIpc) is 3.07. The first-order valence-corrected chi connectivity index (χ1v) is 8.36. The zero-order valence-corrected chi connectivity index (χ0v) is 14.3. The third-order valence-electron chi connectivity index (χ3n) is 3.36. The molecule has 0 bridgehead atoms. The number of hydrogen-bond donors (Lipinski definition) is 2. The van der Waals surface area contributed by atoms with Gasteiger partial charge in [-0.25, -0.2) is 9.78 Å². The second-order valence-corrected chi connectivity index (χ2v) is 5.75. The Kier molecular flexibility index (Phi) is 6.22. The first kappa shape index (κ1) is 17.1. The van der Waals surface area contributed by atoms with E-state index in [-0.39, 0.29) is 12.1 Å². The normalized spacial score (nSPS) is 10.4. The summed E-state index contributed by atoms with van der Waals surface area (Å²) in [6.07, 6.45) is 3.43. The number of ether oxygens (including phenoxy) is 2. The molecule has 23 heavy (non-hydrogen) atoms. The van der Waals surface area contributed by atoms with Gasteiger partial charge in [0.1, 0.15) is 0 Å². The first-order valence-electron chi connectivity index (χ1n) is 7.48. The molecular weight excluding hydrogens is 314 g/mol. The van der Waals surface area contributed by atoms with Gasteiger partial charge < -0.3 is 20.1 Å². The predicted octanol–water partition coefficient (Wildman–Crippen LogP) is 4.25. The van der Waals surface area contributed by atoms with Gasteiger partial charge in [0.25, 0.3) is 0 Å². The van der Waals surface area contributed by atoms with Crippen molar-refractivity contribution in [3.05, 3.63) is 29.9 Å². The van der Waals surface area contributed by atoms with Crippen LogP contribution >= 0.6 is 11.3 Å². The van der Waals surface area contributed by atoms with Gasteiger partial charge in [-0.3, -0.25) is 0 Å². The Morgan fingerprint density at radius 2 is 2.09 bits per heavy atom. The lowest BCUT2D eigenvalue weighted by Gasteiger charge is -2.16. The predicted molar refractivity (Wildman–Crippen MR) is 91.7 cm³/mol. The molecule has 0 atom stereocenters. The molecule has 6 nitrogen and oxygen atoms in total. The Bertz CT molecular complexity index is 628. The lowest BCUT2D eigenvalue weighted by molar-refractivity contribution is 0.247. The van der Waals surface area contributed by atoms with Gasteiger partial charge in [-0.05, 0) is 25.0 Å². The van der Waals surface area contributed by atoms with Crippen LogP contribution in [-0.4, -0.2) is 24.2 Å². The highest BCUT2D eigenvalue weighted by molar-refractivity contribution is 7.11. The highest BCUT2D eigenvalue weighted by Crippen LogP contribution is 2.35. The van der Waals surface area contributed by atoms with Crippen molar-refractivity contribution in [2.75, 3.05) is 12.4 Å². The summed E-state index contributed by atoms with van der Waals surface area (Å²) in [5.74, 6) is 1.11. The number of benzene rings is 1. The lowest BCUT2D eigenvalue weighted by atomic mass is 10.2. The van der Waals surface area contributed by atoms with Crippen molar-refractivity contribution in [2.24, 2.45) is 0 Å². The van der Waals surface area contributed by atoms with Crippen molar-refractivity contribution in [2.45, 2.75) is 32.7 Å². The Morgan fingerprint density at radius 1 is 1.30 bits per heavy atom. The number of anilines is 1. The number of aromatic nitrogens is 1. The van der Waals surface area contributed by atoms with Crippen molar-refractivity contribution in [1.82, 2.24) is 10.3 Å². The summed E-state index contributed by atoms with van der Waals surface area (Å²) in [6, 6.07) is 5.20. The fourth-order valence-electron chi connectivity index (χ4n) is 2.04. The second kappa shape index (κ2) is 8.38. The average molecular weight is 335 g/mol. The van der Waals surface area contributed by atoms with Crippen molar-refractivity contribution in [1.29, 1.82) is 0 Å². The van der Waals surface area contributed by atoms with E-state index in [2.05, 4.69) is 15.6 Å². The van der Waals surface area contributed by atoms with E-state index in [9.17, 15) is 4.79 Å². The number of thiazole rings is 1. The molecule has 2 N–H and O–H groups in total. The third kappa shape index (κ3) is 4.85. The summed E-state index contributed by atoms with van der Waals surface area (Å²) in [5.41, 5.74) is 2.34. The SMILES string of the molecule is CCC(CC)NC(=O)Nc1ccc(Oc2cncs2)c(OC)c1. The monoisotopic (exact) mass is 335 g/mol. The van der Waals surface area contributed by atoms with Crippen molar-refractivity contribution < 1.29 is 14.3 Å². The molecule has 0 radical (unpaired) electrons. The molecule has 1 aromatic carbocycles. The zero-order valence-electron chi connectivity index (χ0n) is 13.5. The maximum absolute atomic E-state index is 12.0. The fourth-order valence-corrected chi connectivity index (χ4v) is 2.52. The number of amides is 2. The molecule has 0 spiro atoms. The minimum Gasteiger partial charge on any atom is -0.493 e. The number of methoxy groups -OCH3 is 1. The summed E-state index contributed by atoms with van der Waals surface area (Å²) in [6.45, 7) is 4.09. The fraction of sp³-hybridized carbons (Fsp3) is 0.375. The highest BCUT2D eigenvalue weighted by Gasteiger charge is 2.11. The topological polar surface area (TPSA) is 72.5 Å². The van der Waals surface area contributed by atoms with Gasteiger partial charge in [0.2, 0.25) is 5.06 Å². The van der Waals surface area contributed by atoms with Crippen LogP contribution in [0.15, 0.2) is 29.9 Å².